The molecule has 2 heterocycles. The van der Waals surface area contributed by atoms with E-state index >= 15 is 0 Å². The summed E-state index contributed by atoms with van der Waals surface area (Å²) in [4.78, 5) is 15.3. The number of carbonyl (C=O) groups excluding carboxylic acids is 1. The Kier molecular flexibility index (Phi) is 5.35. The molecule has 4 aromatic rings. The Bertz CT molecular complexity index is 1150. The standard InChI is InChI=1S/C21H19FN4O2S/c1-3-18(20(27)28-2)29-21-25-24-19(26(21)14-10-8-13(22)9-11-14)16-12-23-17-7-5-4-6-15(16)17/h4-12,18,23H,3H2,1-2H3/t18-/m0/s1. The SMILES string of the molecule is CC[C@H](Sc1nnc(-c2c[nH]c3ccccc23)n1-c1ccc(F)cc1)C(=O)OC. The fourth-order valence-electron chi connectivity index (χ4n) is 3.16. The van der Waals surface area contributed by atoms with Crippen molar-refractivity contribution >= 4 is 28.6 Å². The molecule has 8 heteroatoms. The van der Waals surface area contributed by atoms with Gasteiger partial charge in [-0.1, -0.05) is 36.9 Å². The Balaban J connectivity index is 1.87. The molecule has 6 nitrogen and oxygen atoms in total. The van der Waals surface area contributed by atoms with E-state index in [1.54, 1.807) is 12.1 Å². The van der Waals surface area contributed by atoms with E-state index < -0.39 is 5.25 Å². The topological polar surface area (TPSA) is 72.8 Å². The normalized spacial score (nSPS) is 12.2. The highest BCUT2D eigenvalue weighted by atomic mass is 32.2. The maximum atomic E-state index is 13.5. The number of carbonyl (C=O) groups is 1. The van der Waals surface area contributed by atoms with Crippen LogP contribution < -0.4 is 0 Å². The van der Waals surface area contributed by atoms with Crippen LogP contribution in [0.15, 0.2) is 59.9 Å². The number of aromatic nitrogens is 4. The van der Waals surface area contributed by atoms with E-state index in [1.165, 1.54) is 31.0 Å². The summed E-state index contributed by atoms with van der Waals surface area (Å²) in [7, 11) is 1.37. The number of halogens is 1. The molecule has 0 unspecified atom stereocenters. The summed E-state index contributed by atoms with van der Waals surface area (Å²) in [5, 5.41) is 9.87. The Hall–Kier alpha value is -3.13. The first-order chi connectivity index (χ1) is 14.1. The van der Waals surface area contributed by atoms with Gasteiger partial charge in [0.05, 0.1) is 7.11 Å². The van der Waals surface area contributed by atoms with Crippen LogP contribution in [0.2, 0.25) is 0 Å². The molecule has 0 saturated heterocycles. The number of nitrogens with zero attached hydrogens (tertiary/aromatic N) is 3. The quantitative estimate of drug-likeness (QED) is 0.372. The predicted octanol–water partition coefficient (Wildman–Crippen LogP) is 4.60. The van der Waals surface area contributed by atoms with Crippen molar-refractivity contribution in [1.29, 1.82) is 0 Å². The second kappa shape index (κ2) is 8.08. The summed E-state index contributed by atoms with van der Waals surface area (Å²) < 4.78 is 20.3. The number of nitrogens with one attached hydrogen (secondary N) is 1. The molecule has 0 radical (unpaired) electrons. The van der Waals surface area contributed by atoms with E-state index in [4.69, 9.17) is 4.74 Å². The number of thioether (sulfide) groups is 1. The van der Waals surface area contributed by atoms with Crippen LogP contribution in [-0.2, 0) is 9.53 Å². The highest BCUT2D eigenvalue weighted by Crippen LogP contribution is 2.34. The zero-order chi connectivity index (χ0) is 20.4. The number of ether oxygens (including phenoxy) is 1. The van der Waals surface area contributed by atoms with E-state index in [1.807, 2.05) is 42.0 Å². The average molecular weight is 410 g/mol. The van der Waals surface area contributed by atoms with Crippen molar-refractivity contribution in [3.8, 4) is 17.1 Å². The van der Waals surface area contributed by atoms with Gasteiger partial charge in [0.25, 0.3) is 0 Å². The zero-order valence-corrected chi connectivity index (χ0v) is 16.7. The molecule has 0 spiro atoms. The highest BCUT2D eigenvalue weighted by Gasteiger charge is 2.25. The van der Waals surface area contributed by atoms with Crippen molar-refractivity contribution in [2.24, 2.45) is 0 Å². The van der Waals surface area contributed by atoms with E-state index in [0.29, 0.717) is 23.1 Å². The van der Waals surface area contributed by atoms with Gasteiger partial charge in [0.1, 0.15) is 11.1 Å². The summed E-state index contributed by atoms with van der Waals surface area (Å²) in [5.74, 6) is -0.0401. The fraction of sp³-hybridized carbons (Fsp3) is 0.190. The van der Waals surface area contributed by atoms with Crippen LogP contribution in [0, 0.1) is 5.82 Å². The molecule has 148 valence electrons. The van der Waals surface area contributed by atoms with Crippen LogP contribution in [0.3, 0.4) is 0 Å². The Morgan fingerprint density at radius 1 is 1.21 bits per heavy atom. The third kappa shape index (κ3) is 3.63. The van der Waals surface area contributed by atoms with Gasteiger partial charge in [-0.25, -0.2) is 4.39 Å². The van der Waals surface area contributed by atoms with Gasteiger partial charge in [-0.15, -0.1) is 10.2 Å². The number of rotatable bonds is 6. The number of H-pyrrole nitrogens is 1. The third-order valence-corrected chi connectivity index (χ3v) is 5.92. The lowest BCUT2D eigenvalue weighted by Crippen LogP contribution is -2.18. The minimum Gasteiger partial charge on any atom is -0.468 e. The lowest BCUT2D eigenvalue weighted by atomic mass is 10.1. The maximum absolute atomic E-state index is 13.5. The van der Waals surface area contributed by atoms with Crippen molar-refractivity contribution < 1.29 is 13.9 Å². The molecule has 0 fully saturated rings. The van der Waals surface area contributed by atoms with Crippen LogP contribution in [-0.4, -0.2) is 38.1 Å². The molecule has 0 aliphatic carbocycles. The summed E-state index contributed by atoms with van der Waals surface area (Å²) in [6, 6.07) is 14.0. The number of methoxy groups -OCH3 is 1. The molecule has 2 aromatic carbocycles. The van der Waals surface area contributed by atoms with Gasteiger partial charge in [0.15, 0.2) is 11.0 Å². The molecule has 0 aliphatic rings. The summed E-state index contributed by atoms with van der Waals surface area (Å²) in [6.07, 6.45) is 2.46. The number of hydrogen-bond acceptors (Lipinski definition) is 5. The van der Waals surface area contributed by atoms with Crippen molar-refractivity contribution in [1.82, 2.24) is 19.7 Å². The molecular weight excluding hydrogens is 391 g/mol. The van der Waals surface area contributed by atoms with Crippen molar-refractivity contribution in [3.63, 3.8) is 0 Å². The molecule has 2 aromatic heterocycles. The number of hydrogen-bond donors (Lipinski definition) is 1. The number of para-hydroxylation sites is 1. The van der Waals surface area contributed by atoms with Gasteiger partial charge >= 0.3 is 5.97 Å². The van der Waals surface area contributed by atoms with Gasteiger partial charge in [-0.2, -0.15) is 0 Å². The fourth-order valence-corrected chi connectivity index (χ4v) is 4.16. The number of benzene rings is 2. The molecule has 1 N–H and O–H groups in total. The smallest absolute Gasteiger partial charge is 0.319 e. The second-order valence-corrected chi connectivity index (χ2v) is 7.57. The Labute approximate surface area is 171 Å². The van der Waals surface area contributed by atoms with Gasteiger partial charge < -0.3 is 9.72 Å². The molecule has 1 atom stereocenters. The van der Waals surface area contributed by atoms with Gasteiger partial charge in [-0.05, 0) is 36.8 Å². The van der Waals surface area contributed by atoms with E-state index in [2.05, 4.69) is 15.2 Å². The maximum Gasteiger partial charge on any atom is 0.319 e. The van der Waals surface area contributed by atoms with Gasteiger partial charge in [0.2, 0.25) is 0 Å². The van der Waals surface area contributed by atoms with Crippen LogP contribution >= 0.6 is 11.8 Å². The van der Waals surface area contributed by atoms with Crippen LogP contribution in [0.1, 0.15) is 13.3 Å². The first kappa shape index (κ1) is 19.2. The predicted molar refractivity (Wildman–Crippen MR) is 111 cm³/mol. The van der Waals surface area contributed by atoms with Crippen molar-refractivity contribution in [2.75, 3.05) is 7.11 Å². The number of esters is 1. The monoisotopic (exact) mass is 410 g/mol. The molecule has 0 aliphatic heterocycles. The summed E-state index contributed by atoms with van der Waals surface area (Å²) in [6.45, 7) is 1.91. The average Bonchev–Trinajstić information content (AvgIpc) is 3.36. The second-order valence-electron chi connectivity index (χ2n) is 6.40. The minimum atomic E-state index is -0.417. The largest absolute Gasteiger partial charge is 0.468 e. The molecule has 0 bridgehead atoms. The van der Waals surface area contributed by atoms with E-state index in [0.717, 1.165) is 16.5 Å². The van der Waals surface area contributed by atoms with Crippen LogP contribution in [0.5, 0.6) is 0 Å². The lowest BCUT2D eigenvalue weighted by molar-refractivity contribution is -0.140. The highest BCUT2D eigenvalue weighted by molar-refractivity contribution is 8.00. The number of fused-ring (bicyclic) bond motifs is 1. The minimum absolute atomic E-state index is 0.320. The molecule has 29 heavy (non-hydrogen) atoms. The van der Waals surface area contributed by atoms with Crippen LogP contribution in [0.25, 0.3) is 28.0 Å². The lowest BCUT2D eigenvalue weighted by Gasteiger charge is -2.14. The first-order valence-corrected chi connectivity index (χ1v) is 10.0. The molecular formula is C21H19FN4O2S. The van der Waals surface area contributed by atoms with Crippen molar-refractivity contribution in [2.45, 2.75) is 23.8 Å². The van der Waals surface area contributed by atoms with E-state index in [9.17, 15) is 9.18 Å². The third-order valence-electron chi connectivity index (χ3n) is 4.63. The first-order valence-electron chi connectivity index (χ1n) is 9.14. The number of aromatic amines is 1. The van der Waals surface area contributed by atoms with E-state index in [-0.39, 0.29) is 11.8 Å². The van der Waals surface area contributed by atoms with Crippen LogP contribution in [0.4, 0.5) is 4.39 Å². The molecule has 0 saturated carbocycles. The Morgan fingerprint density at radius 3 is 2.69 bits per heavy atom. The van der Waals surface area contributed by atoms with Gasteiger partial charge in [0, 0.05) is 28.4 Å². The van der Waals surface area contributed by atoms with Gasteiger partial charge in [-0.3, -0.25) is 9.36 Å². The summed E-state index contributed by atoms with van der Waals surface area (Å²) in [5.41, 5.74) is 2.56. The Morgan fingerprint density at radius 2 is 1.97 bits per heavy atom. The summed E-state index contributed by atoms with van der Waals surface area (Å²) >= 11 is 1.28. The zero-order valence-electron chi connectivity index (χ0n) is 15.9. The molecule has 0 amide bonds. The van der Waals surface area contributed by atoms with Crippen molar-refractivity contribution in [3.05, 3.63) is 60.5 Å². The molecule has 4 rings (SSSR count).